The Morgan fingerprint density at radius 1 is 1.13 bits per heavy atom. The zero-order valence-corrected chi connectivity index (χ0v) is 16.9. The van der Waals surface area contributed by atoms with E-state index < -0.39 is 11.9 Å². The van der Waals surface area contributed by atoms with Crippen molar-refractivity contribution in [3.05, 3.63) is 53.6 Å². The molecule has 2 aromatic rings. The van der Waals surface area contributed by atoms with Crippen LogP contribution in [0.2, 0.25) is 0 Å². The molecule has 30 heavy (non-hydrogen) atoms. The quantitative estimate of drug-likeness (QED) is 0.605. The van der Waals surface area contributed by atoms with Crippen LogP contribution in [-0.4, -0.2) is 68.0 Å². The van der Waals surface area contributed by atoms with Crippen LogP contribution < -0.4 is 10.1 Å². The number of hydrogen-bond acceptors (Lipinski definition) is 7. The van der Waals surface area contributed by atoms with Gasteiger partial charge in [0.1, 0.15) is 12.4 Å². The molecule has 0 unspecified atom stereocenters. The SMILES string of the molecule is CCOC(=O)c1cccc(Nc2ccc(OCCN3CCOCC3)cc2)c1C(=O)O. The van der Waals surface area contributed by atoms with Crippen LogP contribution in [0.5, 0.6) is 5.75 Å². The summed E-state index contributed by atoms with van der Waals surface area (Å²) in [7, 11) is 0. The van der Waals surface area contributed by atoms with E-state index in [2.05, 4.69) is 10.2 Å². The highest BCUT2D eigenvalue weighted by atomic mass is 16.5. The second-order valence-electron chi connectivity index (χ2n) is 6.71. The second kappa shape index (κ2) is 10.6. The lowest BCUT2D eigenvalue weighted by Crippen LogP contribution is -2.38. The Balaban J connectivity index is 1.64. The van der Waals surface area contributed by atoms with Gasteiger partial charge >= 0.3 is 11.9 Å². The second-order valence-corrected chi connectivity index (χ2v) is 6.71. The molecule has 8 nitrogen and oxygen atoms in total. The molecule has 1 aliphatic rings. The molecule has 2 N–H and O–H groups in total. The van der Waals surface area contributed by atoms with Crippen molar-refractivity contribution < 1.29 is 28.9 Å². The molecule has 160 valence electrons. The van der Waals surface area contributed by atoms with E-state index in [9.17, 15) is 14.7 Å². The molecule has 0 saturated carbocycles. The summed E-state index contributed by atoms with van der Waals surface area (Å²) in [6.07, 6.45) is 0. The van der Waals surface area contributed by atoms with Crippen LogP contribution in [0, 0.1) is 0 Å². The zero-order valence-electron chi connectivity index (χ0n) is 16.9. The normalized spacial score (nSPS) is 14.2. The number of nitrogens with zero attached hydrogens (tertiary/aromatic N) is 1. The Morgan fingerprint density at radius 3 is 2.53 bits per heavy atom. The number of ether oxygens (including phenoxy) is 3. The number of carbonyl (C=O) groups excluding carboxylic acids is 1. The molecule has 8 heteroatoms. The number of nitrogens with one attached hydrogen (secondary N) is 1. The lowest BCUT2D eigenvalue weighted by atomic mass is 10.0. The van der Waals surface area contributed by atoms with E-state index in [1.165, 1.54) is 6.07 Å². The van der Waals surface area contributed by atoms with Gasteiger partial charge in [-0.05, 0) is 43.3 Å². The average Bonchev–Trinajstić information content (AvgIpc) is 2.75. The van der Waals surface area contributed by atoms with Gasteiger partial charge in [0.15, 0.2) is 0 Å². The lowest BCUT2D eigenvalue weighted by Gasteiger charge is -2.26. The molecule has 0 bridgehead atoms. The number of morpholine rings is 1. The fraction of sp³-hybridized carbons (Fsp3) is 0.364. The molecule has 1 aliphatic heterocycles. The minimum absolute atomic E-state index is 0.0115. The van der Waals surface area contributed by atoms with Crippen molar-refractivity contribution in [2.24, 2.45) is 0 Å². The molecule has 3 rings (SSSR count). The van der Waals surface area contributed by atoms with Gasteiger partial charge in [-0.3, -0.25) is 4.90 Å². The molecule has 0 atom stereocenters. The predicted molar refractivity (Wildman–Crippen MR) is 112 cm³/mol. The Labute approximate surface area is 175 Å². The van der Waals surface area contributed by atoms with Gasteiger partial charge in [0.25, 0.3) is 0 Å². The number of esters is 1. The molecule has 0 spiro atoms. The van der Waals surface area contributed by atoms with Gasteiger partial charge in [0, 0.05) is 25.3 Å². The molecular formula is C22H26N2O6. The van der Waals surface area contributed by atoms with Crippen LogP contribution in [0.25, 0.3) is 0 Å². The first-order valence-electron chi connectivity index (χ1n) is 9.92. The standard InChI is InChI=1S/C22H26N2O6/c1-2-29-22(27)18-4-3-5-19(20(18)21(25)26)23-16-6-8-17(9-7-16)30-15-12-24-10-13-28-14-11-24/h3-9,23H,2,10-15H2,1H3,(H,25,26). The van der Waals surface area contributed by atoms with E-state index in [1.807, 2.05) is 12.1 Å². The van der Waals surface area contributed by atoms with Crippen molar-refractivity contribution >= 4 is 23.3 Å². The number of rotatable bonds is 9. The van der Waals surface area contributed by atoms with Crippen LogP contribution in [0.4, 0.5) is 11.4 Å². The third kappa shape index (κ3) is 5.71. The molecule has 2 aromatic carbocycles. The Hall–Kier alpha value is -3.10. The highest BCUT2D eigenvalue weighted by molar-refractivity contribution is 6.06. The van der Waals surface area contributed by atoms with E-state index in [4.69, 9.17) is 14.2 Å². The Morgan fingerprint density at radius 2 is 1.87 bits per heavy atom. The van der Waals surface area contributed by atoms with E-state index in [-0.39, 0.29) is 17.7 Å². The summed E-state index contributed by atoms with van der Waals surface area (Å²) in [5.74, 6) is -1.14. The molecular weight excluding hydrogens is 388 g/mol. The maximum Gasteiger partial charge on any atom is 0.339 e. The van der Waals surface area contributed by atoms with E-state index in [0.29, 0.717) is 18.0 Å². The molecule has 1 saturated heterocycles. The monoisotopic (exact) mass is 414 g/mol. The largest absolute Gasteiger partial charge is 0.492 e. The first kappa shape index (κ1) is 21.6. The van der Waals surface area contributed by atoms with Gasteiger partial charge < -0.3 is 24.6 Å². The average molecular weight is 414 g/mol. The minimum atomic E-state index is -1.20. The Bertz CT molecular complexity index is 862. The first-order valence-corrected chi connectivity index (χ1v) is 9.92. The van der Waals surface area contributed by atoms with Crippen LogP contribution >= 0.6 is 0 Å². The Kier molecular flexibility index (Phi) is 7.64. The molecule has 0 amide bonds. The first-order chi connectivity index (χ1) is 14.6. The summed E-state index contributed by atoms with van der Waals surface area (Å²) >= 11 is 0. The summed E-state index contributed by atoms with van der Waals surface area (Å²) in [5.41, 5.74) is 0.882. The number of carbonyl (C=O) groups is 2. The number of carboxylic acids is 1. The van der Waals surface area contributed by atoms with Crippen molar-refractivity contribution in [3.63, 3.8) is 0 Å². The fourth-order valence-electron chi connectivity index (χ4n) is 3.17. The maximum absolute atomic E-state index is 12.1. The fourth-order valence-corrected chi connectivity index (χ4v) is 3.17. The van der Waals surface area contributed by atoms with E-state index in [1.54, 1.807) is 31.2 Å². The predicted octanol–water partition coefficient (Wildman–Crippen LogP) is 3.02. The summed E-state index contributed by atoms with van der Waals surface area (Å²) in [5, 5.41) is 12.7. The van der Waals surface area contributed by atoms with Gasteiger partial charge in [-0.2, -0.15) is 0 Å². The lowest BCUT2D eigenvalue weighted by molar-refractivity contribution is 0.0322. The number of aromatic carboxylic acids is 1. The van der Waals surface area contributed by atoms with E-state index >= 15 is 0 Å². The van der Waals surface area contributed by atoms with Gasteiger partial charge in [0.05, 0.1) is 36.6 Å². The third-order valence-corrected chi connectivity index (χ3v) is 4.69. The van der Waals surface area contributed by atoms with Crippen molar-refractivity contribution in [1.82, 2.24) is 4.90 Å². The molecule has 1 fully saturated rings. The van der Waals surface area contributed by atoms with Crippen molar-refractivity contribution in [2.45, 2.75) is 6.92 Å². The van der Waals surface area contributed by atoms with E-state index in [0.717, 1.165) is 38.6 Å². The number of anilines is 2. The van der Waals surface area contributed by atoms with Gasteiger partial charge in [-0.25, -0.2) is 9.59 Å². The molecule has 0 aliphatic carbocycles. The molecule has 1 heterocycles. The smallest absolute Gasteiger partial charge is 0.339 e. The minimum Gasteiger partial charge on any atom is -0.492 e. The van der Waals surface area contributed by atoms with Crippen molar-refractivity contribution in [1.29, 1.82) is 0 Å². The summed E-state index contributed by atoms with van der Waals surface area (Å²) < 4.78 is 16.1. The van der Waals surface area contributed by atoms with Gasteiger partial charge in [-0.15, -0.1) is 0 Å². The van der Waals surface area contributed by atoms with Crippen LogP contribution in [0.15, 0.2) is 42.5 Å². The summed E-state index contributed by atoms with van der Waals surface area (Å²) in [6, 6.07) is 11.9. The third-order valence-electron chi connectivity index (χ3n) is 4.69. The number of hydrogen-bond donors (Lipinski definition) is 2. The van der Waals surface area contributed by atoms with Gasteiger partial charge in [-0.1, -0.05) is 6.07 Å². The van der Waals surface area contributed by atoms with Crippen molar-refractivity contribution in [3.8, 4) is 5.75 Å². The van der Waals surface area contributed by atoms with Crippen LogP contribution in [0.1, 0.15) is 27.6 Å². The van der Waals surface area contributed by atoms with Crippen LogP contribution in [0.3, 0.4) is 0 Å². The highest BCUT2D eigenvalue weighted by Gasteiger charge is 2.21. The molecule has 0 radical (unpaired) electrons. The zero-order chi connectivity index (χ0) is 21.3. The maximum atomic E-state index is 12.1. The topological polar surface area (TPSA) is 97.3 Å². The van der Waals surface area contributed by atoms with Gasteiger partial charge in [0.2, 0.25) is 0 Å². The highest BCUT2D eigenvalue weighted by Crippen LogP contribution is 2.26. The summed E-state index contributed by atoms with van der Waals surface area (Å²) in [6.45, 7) is 6.62. The number of benzene rings is 2. The van der Waals surface area contributed by atoms with Crippen molar-refractivity contribution in [2.75, 3.05) is 51.4 Å². The number of carboxylic acid groups (broad SMARTS) is 1. The summed E-state index contributed by atoms with van der Waals surface area (Å²) in [4.78, 5) is 26.2. The van der Waals surface area contributed by atoms with Crippen LogP contribution in [-0.2, 0) is 9.47 Å². The molecule has 0 aromatic heterocycles.